The Morgan fingerprint density at radius 2 is 1.95 bits per heavy atom. The average molecular weight is 272 g/mol. The van der Waals surface area contributed by atoms with Crippen LogP contribution in [0.4, 0.5) is 0 Å². The third kappa shape index (κ3) is 2.13. The summed E-state index contributed by atoms with van der Waals surface area (Å²) in [6, 6.07) is 7.62. The number of aryl methyl sites for hydroxylation is 2. The summed E-state index contributed by atoms with van der Waals surface area (Å²) >= 11 is 0. The fraction of sp³-hybridized carbons (Fsp3) is 0.231. The molecule has 7 nitrogen and oxygen atoms in total. The van der Waals surface area contributed by atoms with Crippen molar-refractivity contribution in [3.8, 4) is 11.4 Å². The van der Waals surface area contributed by atoms with E-state index in [0.29, 0.717) is 17.5 Å². The predicted molar refractivity (Wildman–Crippen MR) is 69.1 cm³/mol. The normalized spacial score (nSPS) is 10.9. The molecule has 0 unspecified atom stereocenters. The topological polar surface area (TPSA) is 87.0 Å². The summed E-state index contributed by atoms with van der Waals surface area (Å²) in [4.78, 5) is 15.9. The highest BCUT2D eigenvalue weighted by atomic mass is 16.5. The minimum absolute atomic E-state index is 0.156. The summed E-state index contributed by atoms with van der Waals surface area (Å²) in [6.45, 7) is 3.79. The number of benzene rings is 1. The molecule has 0 spiro atoms. The molecule has 2 heterocycles. The van der Waals surface area contributed by atoms with Gasteiger partial charge in [-0.1, -0.05) is 34.6 Å². The molecule has 0 fully saturated rings. The van der Waals surface area contributed by atoms with Gasteiger partial charge < -0.3 is 4.52 Å². The molecule has 20 heavy (non-hydrogen) atoms. The first-order chi connectivity index (χ1) is 9.65. The van der Waals surface area contributed by atoms with E-state index in [1.807, 2.05) is 31.2 Å². The van der Waals surface area contributed by atoms with Gasteiger partial charge in [-0.25, -0.2) is 9.36 Å². The van der Waals surface area contributed by atoms with E-state index in [2.05, 4.69) is 15.3 Å². The SMILES string of the molecule is Cc1nc(Cn2c(-c3ccccc3C)noc2=O)no1. The molecule has 1 aromatic carbocycles. The monoisotopic (exact) mass is 272 g/mol. The predicted octanol–water partition coefficient (Wildman–Crippen LogP) is 1.55. The lowest BCUT2D eigenvalue weighted by atomic mass is 10.1. The van der Waals surface area contributed by atoms with E-state index in [1.54, 1.807) is 6.92 Å². The first-order valence-corrected chi connectivity index (χ1v) is 6.07. The zero-order valence-corrected chi connectivity index (χ0v) is 11.0. The van der Waals surface area contributed by atoms with Crippen LogP contribution in [-0.4, -0.2) is 19.9 Å². The maximum absolute atomic E-state index is 11.8. The first-order valence-electron chi connectivity index (χ1n) is 6.07. The minimum Gasteiger partial charge on any atom is -0.340 e. The second-order valence-electron chi connectivity index (χ2n) is 4.40. The molecule has 7 heteroatoms. The highest BCUT2D eigenvalue weighted by Crippen LogP contribution is 2.20. The van der Waals surface area contributed by atoms with Crippen molar-refractivity contribution in [3.05, 3.63) is 52.1 Å². The molecule has 2 aromatic heterocycles. The van der Waals surface area contributed by atoms with Gasteiger partial charge in [0.2, 0.25) is 5.89 Å². The molecule has 0 bridgehead atoms. The van der Waals surface area contributed by atoms with E-state index in [0.717, 1.165) is 11.1 Å². The molecule has 0 radical (unpaired) electrons. The summed E-state index contributed by atoms with van der Waals surface area (Å²) in [5.74, 6) is 0.755. The van der Waals surface area contributed by atoms with Gasteiger partial charge in [-0.2, -0.15) is 4.98 Å². The van der Waals surface area contributed by atoms with Gasteiger partial charge in [0.1, 0.15) is 0 Å². The maximum atomic E-state index is 11.8. The van der Waals surface area contributed by atoms with E-state index in [4.69, 9.17) is 9.05 Å². The van der Waals surface area contributed by atoms with Crippen molar-refractivity contribution >= 4 is 0 Å². The van der Waals surface area contributed by atoms with E-state index in [1.165, 1.54) is 4.57 Å². The van der Waals surface area contributed by atoms with Crippen LogP contribution in [0.1, 0.15) is 17.3 Å². The Bertz CT molecular complexity index is 800. The number of hydrogen-bond acceptors (Lipinski definition) is 6. The molecule has 3 rings (SSSR count). The van der Waals surface area contributed by atoms with Crippen molar-refractivity contribution in [2.75, 3.05) is 0 Å². The average Bonchev–Trinajstić information content (AvgIpc) is 2.99. The lowest BCUT2D eigenvalue weighted by Gasteiger charge is -2.04. The van der Waals surface area contributed by atoms with Crippen LogP contribution in [0.15, 0.2) is 38.1 Å². The highest BCUT2D eigenvalue weighted by molar-refractivity contribution is 5.59. The van der Waals surface area contributed by atoms with Crippen LogP contribution in [0.2, 0.25) is 0 Å². The van der Waals surface area contributed by atoms with Crippen molar-refractivity contribution in [1.29, 1.82) is 0 Å². The third-order valence-corrected chi connectivity index (χ3v) is 2.94. The molecule has 0 saturated carbocycles. The van der Waals surface area contributed by atoms with E-state index in [-0.39, 0.29) is 6.54 Å². The quantitative estimate of drug-likeness (QED) is 0.719. The first kappa shape index (κ1) is 12.3. The summed E-state index contributed by atoms with van der Waals surface area (Å²) in [5.41, 5.74) is 1.83. The maximum Gasteiger partial charge on any atom is 0.442 e. The van der Waals surface area contributed by atoms with E-state index >= 15 is 0 Å². The summed E-state index contributed by atoms with van der Waals surface area (Å²) in [7, 11) is 0. The number of nitrogens with zero attached hydrogens (tertiary/aromatic N) is 4. The molecular formula is C13H12N4O3. The van der Waals surface area contributed by atoms with Crippen molar-refractivity contribution in [1.82, 2.24) is 19.9 Å². The minimum atomic E-state index is -0.550. The molecule has 0 amide bonds. The summed E-state index contributed by atoms with van der Waals surface area (Å²) in [6.07, 6.45) is 0. The fourth-order valence-electron chi connectivity index (χ4n) is 1.97. The van der Waals surface area contributed by atoms with Crippen LogP contribution in [-0.2, 0) is 6.54 Å². The summed E-state index contributed by atoms with van der Waals surface area (Å²) < 4.78 is 11.0. The number of hydrogen-bond donors (Lipinski definition) is 0. The van der Waals surface area contributed by atoms with Gasteiger partial charge in [0.15, 0.2) is 11.6 Å². The Balaban J connectivity index is 2.06. The van der Waals surface area contributed by atoms with Crippen LogP contribution in [0.3, 0.4) is 0 Å². The Labute approximate surface area is 113 Å². The Kier molecular flexibility index (Phi) is 2.94. The van der Waals surface area contributed by atoms with Crippen LogP contribution < -0.4 is 5.76 Å². The van der Waals surface area contributed by atoms with Crippen LogP contribution in [0.25, 0.3) is 11.4 Å². The second-order valence-corrected chi connectivity index (χ2v) is 4.40. The van der Waals surface area contributed by atoms with Crippen molar-refractivity contribution in [2.45, 2.75) is 20.4 Å². The van der Waals surface area contributed by atoms with Gasteiger partial charge in [0, 0.05) is 12.5 Å². The molecular weight excluding hydrogens is 260 g/mol. The van der Waals surface area contributed by atoms with Crippen molar-refractivity contribution < 1.29 is 9.05 Å². The van der Waals surface area contributed by atoms with E-state index < -0.39 is 5.76 Å². The van der Waals surface area contributed by atoms with Crippen LogP contribution in [0.5, 0.6) is 0 Å². The Morgan fingerprint density at radius 1 is 1.15 bits per heavy atom. The van der Waals surface area contributed by atoms with Crippen molar-refractivity contribution in [3.63, 3.8) is 0 Å². The Morgan fingerprint density at radius 3 is 2.65 bits per heavy atom. The molecule has 0 N–H and O–H groups in total. The summed E-state index contributed by atoms with van der Waals surface area (Å²) in [5, 5.41) is 7.61. The second kappa shape index (κ2) is 4.76. The third-order valence-electron chi connectivity index (χ3n) is 2.94. The molecule has 0 atom stereocenters. The number of rotatable bonds is 3. The lowest BCUT2D eigenvalue weighted by Crippen LogP contribution is -2.17. The molecule has 0 saturated heterocycles. The lowest BCUT2D eigenvalue weighted by molar-refractivity contribution is 0.372. The van der Waals surface area contributed by atoms with Crippen LogP contribution in [0, 0.1) is 13.8 Å². The zero-order valence-electron chi connectivity index (χ0n) is 11.0. The van der Waals surface area contributed by atoms with Gasteiger partial charge in [-0.3, -0.25) is 4.52 Å². The van der Waals surface area contributed by atoms with Gasteiger partial charge >= 0.3 is 5.76 Å². The highest BCUT2D eigenvalue weighted by Gasteiger charge is 2.16. The molecule has 0 aliphatic carbocycles. The molecule has 0 aliphatic heterocycles. The standard InChI is InChI=1S/C13H12N4O3/c1-8-5-3-4-6-10(8)12-16-20-13(18)17(12)7-11-14-9(2)19-15-11/h3-6H,7H2,1-2H3. The Hall–Kier alpha value is -2.70. The molecule has 0 aliphatic rings. The van der Waals surface area contributed by atoms with E-state index in [9.17, 15) is 4.79 Å². The molecule has 3 aromatic rings. The van der Waals surface area contributed by atoms with Crippen molar-refractivity contribution in [2.24, 2.45) is 0 Å². The smallest absolute Gasteiger partial charge is 0.340 e. The van der Waals surface area contributed by atoms with Gasteiger partial charge in [0.25, 0.3) is 0 Å². The molecule has 102 valence electrons. The van der Waals surface area contributed by atoms with Crippen LogP contribution >= 0.6 is 0 Å². The largest absolute Gasteiger partial charge is 0.442 e. The van der Waals surface area contributed by atoms with Gasteiger partial charge in [-0.05, 0) is 12.5 Å². The zero-order chi connectivity index (χ0) is 14.1. The van der Waals surface area contributed by atoms with Gasteiger partial charge in [-0.15, -0.1) is 0 Å². The fourth-order valence-corrected chi connectivity index (χ4v) is 1.97. The van der Waals surface area contributed by atoms with Gasteiger partial charge in [0.05, 0.1) is 6.54 Å². The number of aromatic nitrogens is 4.